The van der Waals surface area contributed by atoms with Crippen LogP contribution in [0.15, 0.2) is 30.3 Å². The van der Waals surface area contributed by atoms with Gasteiger partial charge in [-0.2, -0.15) is 15.4 Å². The molecule has 2 N–H and O–H groups in total. The molecule has 24 heavy (non-hydrogen) atoms. The molecule has 1 aromatic carbocycles. The van der Waals surface area contributed by atoms with Crippen LogP contribution in [-0.4, -0.2) is 28.5 Å². The molecule has 0 aliphatic rings. The van der Waals surface area contributed by atoms with Gasteiger partial charge in [-0.25, -0.2) is 0 Å². The highest BCUT2D eigenvalue weighted by Crippen LogP contribution is 2.10. The maximum atomic E-state index is 4.31. The van der Waals surface area contributed by atoms with Gasteiger partial charge in [0.1, 0.15) is 0 Å². The Kier molecular flexibility index (Phi) is 9.17. The van der Waals surface area contributed by atoms with Crippen LogP contribution >= 0.6 is 0 Å². The van der Waals surface area contributed by atoms with Gasteiger partial charge in [0, 0.05) is 19.4 Å². The van der Waals surface area contributed by atoms with Gasteiger partial charge < -0.3 is 5.32 Å². The minimum absolute atomic E-state index is 0.852. The molecule has 0 saturated heterocycles. The molecule has 0 aliphatic carbocycles. The molecule has 2 rings (SSSR count). The first kappa shape index (κ1) is 18.7. The van der Waals surface area contributed by atoms with Gasteiger partial charge in [-0.1, -0.05) is 75.8 Å². The SMILES string of the molecule is CCCCCCCCCNCCc1n[nH]nc1Cc1ccccc1. The normalized spacial score (nSPS) is 11.0. The van der Waals surface area contributed by atoms with Crippen molar-refractivity contribution >= 4 is 0 Å². The maximum absolute atomic E-state index is 4.31. The first-order chi connectivity index (χ1) is 11.9. The molecule has 0 bridgehead atoms. The molecule has 0 radical (unpaired) electrons. The predicted octanol–water partition coefficient (Wildman–Crippen LogP) is 4.28. The van der Waals surface area contributed by atoms with E-state index in [1.165, 1.54) is 50.5 Å². The van der Waals surface area contributed by atoms with Crippen LogP contribution in [0.1, 0.15) is 68.8 Å². The van der Waals surface area contributed by atoms with E-state index in [9.17, 15) is 0 Å². The molecule has 0 saturated carbocycles. The van der Waals surface area contributed by atoms with Crippen molar-refractivity contribution in [1.82, 2.24) is 20.7 Å². The zero-order chi connectivity index (χ0) is 16.9. The Bertz CT molecular complexity index is 536. The lowest BCUT2D eigenvalue weighted by Crippen LogP contribution is -2.19. The van der Waals surface area contributed by atoms with Crippen molar-refractivity contribution in [1.29, 1.82) is 0 Å². The topological polar surface area (TPSA) is 53.6 Å². The van der Waals surface area contributed by atoms with E-state index in [1.54, 1.807) is 0 Å². The first-order valence-electron chi connectivity index (χ1n) is 9.53. The van der Waals surface area contributed by atoms with Crippen molar-refractivity contribution < 1.29 is 0 Å². The average molecular weight is 329 g/mol. The van der Waals surface area contributed by atoms with E-state index in [4.69, 9.17) is 0 Å². The third kappa shape index (κ3) is 7.26. The molecule has 132 valence electrons. The van der Waals surface area contributed by atoms with Gasteiger partial charge in [-0.15, -0.1) is 0 Å². The summed E-state index contributed by atoms with van der Waals surface area (Å²) >= 11 is 0. The van der Waals surface area contributed by atoms with Crippen molar-refractivity contribution in [2.45, 2.75) is 64.7 Å². The summed E-state index contributed by atoms with van der Waals surface area (Å²) in [6.45, 7) is 4.36. The van der Waals surface area contributed by atoms with E-state index >= 15 is 0 Å². The van der Waals surface area contributed by atoms with Gasteiger partial charge >= 0.3 is 0 Å². The fourth-order valence-electron chi connectivity index (χ4n) is 2.94. The summed E-state index contributed by atoms with van der Waals surface area (Å²) in [5, 5.41) is 14.9. The quantitative estimate of drug-likeness (QED) is 0.540. The molecular weight excluding hydrogens is 296 g/mol. The largest absolute Gasteiger partial charge is 0.316 e. The van der Waals surface area contributed by atoms with Gasteiger partial charge in [0.25, 0.3) is 0 Å². The summed E-state index contributed by atoms with van der Waals surface area (Å²) in [7, 11) is 0. The monoisotopic (exact) mass is 328 g/mol. The number of hydrogen-bond donors (Lipinski definition) is 2. The maximum Gasteiger partial charge on any atom is 0.0900 e. The van der Waals surface area contributed by atoms with Crippen molar-refractivity contribution in [3.05, 3.63) is 47.3 Å². The van der Waals surface area contributed by atoms with Crippen LogP contribution in [-0.2, 0) is 12.8 Å². The Hall–Kier alpha value is -1.68. The minimum Gasteiger partial charge on any atom is -0.316 e. The molecular formula is C20H32N4. The van der Waals surface area contributed by atoms with E-state index in [2.05, 4.69) is 51.9 Å². The van der Waals surface area contributed by atoms with Gasteiger partial charge in [0.15, 0.2) is 0 Å². The van der Waals surface area contributed by atoms with E-state index in [-0.39, 0.29) is 0 Å². The molecule has 0 atom stereocenters. The molecule has 1 aromatic heterocycles. The molecule has 2 aromatic rings. The molecule has 0 amide bonds. The van der Waals surface area contributed by atoms with E-state index in [1.807, 2.05) is 6.07 Å². The minimum atomic E-state index is 0.852. The van der Waals surface area contributed by atoms with Crippen LogP contribution < -0.4 is 5.32 Å². The Balaban J connectivity index is 1.56. The lowest BCUT2D eigenvalue weighted by atomic mass is 10.1. The second-order valence-electron chi connectivity index (χ2n) is 6.50. The second-order valence-corrected chi connectivity index (χ2v) is 6.50. The number of H-pyrrole nitrogens is 1. The van der Waals surface area contributed by atoms with Crippen LogP contribution in [0.2, 0.25) is 0 Å². The first-order valence-corrected chi connectivity index (χ1v) is 9.53. The van der Waals surface area contributed by atoms with E-state index in [0.29, 0.717) is 0 Å². The number of nitrogens with one attached hydrogen (secondary N) is 2. The standard InChI is InChI=1S/C20H32N4/c1-2-3-4-5-6-7-11-15-21-16-14-19-20(23-24-22-19)17-18-12-9-8-10-13-18/h8-10,12-13,21H,2-7,11,14-17H2,1H3,(H,22,23,24). The number of aromatic nitrogens is 3. The molecule has 0 fully saturated rings. The lowest BCUT2D eigenvalue weighted by Gasteiger charge is -2.05. The van der Waals surface area contributed by atoms with Crippen LogP contribution in [0.5, 0.6) is 0 Å². The van der Waals surface area contributed by atoms with E-state index < -0.39 is 0 Å². The van der Waals surface area contributed by atoms with Crippen LogP contribution in [0.4, 0.5) is 0 Å². The second kappa shape index (κ2) is 11.8. The highest BCUT2D eigenvalue weighted by atomic mass is 15.3. The molecule has 0 unspecified atom stereocenters. The van der Waals surface area contributed by atoms with Crippen molar-refractivity contribution in [2.24, 2.45) is 0 Å². The van der Waals surface area contributed by atoms with Crippen LogP contribution in [0.25, 0.3) is 0 Å². The number of aromatic amines is 1. The Labute approximate surface area is 146 Å². The summed E-state index contributed by atoms with van der Waals surface area (Å²) in [5.74, 6) is 0. The molecule has 0 aliphatic heterocycles. The smallest absolute Gasteiger partial charge is 0.0900 e. The van der Waals surface area contributed by atoms with Gasteiger partial charge in [-0.05, 0) is 18.5 Å². The van der Waals surface area contributed by atoms with Gasteiger partial charge in [0.05, 0.1) is 11.4 Å². The Morgan fingerprint density at radius 3 is 2.33 bits per heavy atom. The predicted molar refractivity (Wildman–Crippen MR) is 100 cm³/mol. The van der Waals surface area contributed by atoms with Crippen molar-refractivity contribution in [3.63, 3.8) is 0 Å². The van der Waals surface area contributed by atoms with E-state index in [0.717, 1.165) is 37.3 Å². The van der Waals surface area contributed by atoms with Gasteiger partial charge in [0.2, 0.25) is 0 Å². The number of hydrogen-bond acceptors (Lipinski definition) is 3. The summed E-state index contributed by atoms with van der Waals surface area (Å²) in [5.41, 5.74) is 3.44. The molecule has 1 heterocycles. The number of rotatable bonds is 13. The van der Waals surface area contributed by atoms with Crippen LogP contribution in [0.3, 0.4) is 0 Å². The van der Waals surface area contributed by atoms with Crippen LogP contribution in [0, 0.1) is 0 Å². The highest BCUT2D eigenvalue weighted by Gasteiger charge is 2.08. The van der Waals surface area contributed by atoms with Crippen molar-refractivity contribution in [2.75, 3.05) is 13.1 Å². The zero-order valence-electron chi connectivity index (χ0n) is 15.1. The van der Waals surface area contributed by atoms with Gasteiger partial charge in [-0.3, -0.25) is 0 Å². The number of benzene rings is 1. The summed E-state index contributed by atoms with van der Waals surface area (Å²) < 4.78 is 0. The lowest BCUT2D eigenvalue weighted by molar-refractivity contribution is 0.562. The number of unbranched alkanes of at least 4 members (excludes halogenated alkanes) is 6. The molecule has 4 nitrogen and oxygen atoms in total. The Morgan fingerprint density at radius 2 is 1.54 bits per heavy atom. The number of nitrogens with zero attached hydrogens (tertiary/aromatic N) is 2. The summed E-state index contributed by atoms with van der Waals surface area (Å²) in [4.78, 5) is 0. The average Bonchev–Trinajstić information content (AvgIpc) is 3.04. The zero-order valence-corrected chi connectivity index (χ0v) is 15.1. The molecule has 4 heteroatoms. The van der Waals surface area contributed by atoms with Crippen molar-refractivity contribution in [3.8, 4) is 0 Å². The Morgan fingerprint density at radius 1 is 0.833 bits per heavy atom. The fourth-order valence-corrected chi connectivity index (χ4v) is 2.94. The third-order valence-corrected chi connectivity index (χ3v) is 4.41. The fraction of sp³-hybridized carbons (Fsp3) is 0.600. The summed E-state index contributed by atoms with van der Waals surface area (Å²) in [6.07, 6.45) is 11.3. The third-order valence-electron chi connectivity index (χ3n) is 4.41. The molecule has 0 spiro atoms. The summed E-state index contributed by atoms with van der Waals surface area (Å²) in [6, 6.07) is 10.5. The highest BCUT2D eigenvalue weighted by molar-refractivity contribution is 5.23.